The molecule has 2 atom stereocenters. The third-order valence-electron chi connectivity index (χ3n) is 6.67. The summed E-state index contributed by atoms with van der Waals surface area (Å²) in [6.07, 6.45) is -3.66. The van der Waals surface area contributed by atoms with Crippen LogP contribution in [0.5, 0.6) is 5.75 Å². The van der Waals surface area contributed by atoms with E-state index in [9.17, 15) is 31.9 Å². The Morgan fingerprint density at radius 1 is 1.08 bits per heavy atom. The van der Waals surface area contributed by atoms with Gasteiger partial charge in [-0.2, -0.15) is 13.2 Å². The maximum atomic E-state index is 15.1. The molecule has 0 saturated heterocycles. The predicted octanol–water partition coefficient (Wildman–Crippen LogP) is 4.75. The van der Waals surface area contributed by atoms with E-state index < -0.39 is 65.3 Å². The zero-order valence-electron chi connectivity index (χ0n) is 20.5. The van der Waals surface area contributed by atoms with E-state index in [0.717, 1.165) is 30.7 Å². The van der Waals surface area contributed by atoms with E-state index in [1.54, 1.807) is 24.3 Å². The molecule has 0 spiro atoms. The van der Waals surface area contributed by atoms with Crippen molar-refractivity contribution in [2.75, 3.05) is 11.7 Å². The quantitative estimate of drug-likeness (QED) is 0.337. The largest absolute Gasteiger partial charge is 0.420 e. The van der Waals surface area contributed by atoms with Crippen LogP contribution < -0.4 is 15.2 Å². The van der Waals surface area contributed by atoms with Gasteiger partial charge in [0.1, 0.15) is 12.7 Å². The molecule has 7 nitrogen and oxygen atoms in total. The topological polar surface area (TPSA) is 71.8 Å². The van der Waals surface area contributed by atoms with Crippen molar-refractivity contribution in [3.8, 4) is 5.75 Å². The summed E-state index contributed by atoms with van der Waals surface area (Å²) in [5.41, 5.74) is -0.662. The number of fused-ring (bicyclic) bond motifs is 3. The summed E-state index contributed by atoms with van der Waals surface area (Å²) in [6, 6.07) is 6.84. The number of hydrogen-bond donors (Lipinski definition) is 0. The van der Waals surface area contributed by atoms with Crippen molar-refractivity contribution in [3.05, 3.63) is 92.9 Å². The zero-order chi connectivity index (χ0) is 28.2. The first-order valence-corrected chi connectivity index (χ1v) is 12.7. The fourth-order valence-corrected chi connectivity index (χ4v) is 5.87. The number of carbonyl (C=O) groups is 2. The van der Waals surface area contributed by atoms with Gasteiger partial charge in [-0.3, -0.25) is 24.1 Å². The minimum atomic E-state index is -4.84. The summed E-state index contributed by atoms with van der Waals surface area (Å²) >= 11 is 1.23. The Labute approximate surface area is 222 Å². The number of amides is 1. The van der Waals surface area contributed by atoms with Crippen LogP contribution >= 0.6 is 11.8 Å². The number of nitrogens with zero attached hydrogens (tertiary/aromatic N) is 3. The normalized spacial score (nSPS) is 17.6. The number of hydrogen-bond acceptors (Lipinski definition) is 6. The molecule has 0 radical (unpaired) electrons. The van der Waals surface area contributed by atoms with Crippen LogP contribution in [0.15, 0.2) is 58.4 Å². The van der Waals surface area contributed by atoms with Crippen molar-refractivity contribution >= 4 is 23.6 Å². The maximum absolute atomic E-state index is 15.1. The van der Waals surface area contributed by atoms with Crippen LogP contribution in [-0.2, 0) is 10.5 Å². The number of carbonyl (C=O) groups excluding carboxylic acids is 2. The van der Waals surface area contributed by atoms with Gasteiger partial charge in [0.15, 0.2) is 17.3 Å². The summed E-state index contributed by atoms with van der Waals surface area (Å²) in [5.74, 6) is -5.01. The van der Waals surface area contributed by atoms with E-state index in [0.29, 0.717) is 15.4 Å². The molecule has 1 amide bonds. The molecule has 0 fully saturated rings. The lowest BCUT2D eigenvalue weighted by atomic mass is 9.93. The fourth-order valence-electron chi connectivity index (χ4n) is 4.75. The molecule has 0 saturated carbocycles. The molecular weight excluding hydrogens is 545 g/mol. The highest BCUT2D eigenvalue weighted by atomic mass is 32.2. The molecule has 39 heavy (non-hydrogen) atoms. The number of thioether (sulfide) groups is 1. The lowest BCUT2D eigenvalue weighted by molar-refractivity contribution is -0.173. The van der Waals surface area contributed by atoms with Crippen molar-refractivity contribution < 1.29 is 36.3 Å². The van der Waals surface area contributed by atoms with E-state index >= 15 is 4.39 Å². The number of benzene rings is 2. The highest BCUT2D eigenvalue weighted by Gasteiger charge is 2.48. The molecule has 204 valence electrons. The van der Waals surface area contributed by atoms with Crippen molar-refractivity contribution in [2.45, 2.75) is 42.8 Å². The zero-order valence-corrected chi connectivity index (χ0v) is 21.3. The first-order valence-electron chi connectivity index (χ1n) is 11.7. The van der Waals surface area contributed by atoms with Gasteiger partial charge < -0.3 is 9.64 Å². The van der Waals surface area contributed by atoms with Crippen LogP contribution in [0.4, 0.5) is 22.0 Å². The van der Waals surface area contributed by atoms with Crippen LogP contribution in [0, 0.1) is 11.6 Å². The van der Waals surface area contributed by atoms with Gasteiger partial charge >= 0.3 is 12.1 Å². The number of halogens is 5. The third kappa shape index (κ3) is 4.54. The number of ether oxygens (including phenoxy) is 1. The molecule has 0 N–H and O–H groups in total. The summed E-state index contributed by atoms with van der Waals surface area (Å²) in [4.78, 5) is 39.1. The van der Waals surface area contributed by atoms with Crippen LogP contribution in [-0.4, -0.2) is 40.3 Å². The SMILES string of the molecule is CC(=O)Oc1c2n(ccc1=O)N([C@H]1c3ccccc3SCc3c1ccc(F)c3F)CN([C@H](C)C(F)(F)F)C2=O. The summed E-state index contributed by atoms with van der Waals surface area (Å²) < 4.78 is 77.3. The fraction of sp³-hybridized carbons (Fsp3) is 0.269. The highest BCUT2D eigenvalue weighted by Crippen LogP contribution is 2.44. The molecular formula is C26H20F5N3O4S. The Hall–Kier alpha value is -3.87. The predicted molar refractivity (Wildman–Crippen MR) is 131 cm³/mol. The molecule has 2 aliphatic heterocycles. The van der Waals surface area contributed by atoms with E-state index in [1.807, 2.05) is 0 Å². The molecule has 0 unspecified atom stereocenters. The van der Waals surface area contributed by atoms with E-state index in [1.165, 1.54) is 29.0 Å². The first kappa shape index (κ1) is 26.7. The van der Waals surface area contributed by atoms with Crippen LogP contribution in [0.25, 0.3) is 0 Å². The van der Waals surface area contributed by atoms with E-state index in [2.05, 4.69) is 0 Å². The number of aromatic nitrogens is 1. The van der Waals surface area contributed by atoms with Crippen molar-refractivity contribution in [1.29, 1.82) is 0 Å². The van der Waals surface area contributed by atoms with Gasteiger partial charge in [0.2, 0.25) is 11.2 Å². The third-order valence-corrected chi connectivity index (χ3v) is 7.79. The molecule has 1 aromatic heterocycles. The molecule has 2 aliphatic rings. The second kappa shape index (κ2) is 9.70. The van der Waals surface area contributed by atoms with Crippen molar-refractivity contribution in [3.63, 3.8) is 0 Å². The Balaban J connectivity index is 1.82. The second-order valence-corrected chi connectivity index (χ2v) is 10.0. The molecule has 13 heteroatoms. The van der Waals surface area contributed by atoms with Gasteiger partial charge in [0, 0.05) is 35.4 Å². The number of alkyl halides is 3. The van der Waals surface area contributed by atoms with Gasteiger partial charge in [0.05, 0.1) is 6.04 Å². The van der Waals surface area contributed by atoms with E-state index in [4.69, 9.17) is 4.74 Å². The minimum Gasteiger partial charge on any atom is -0.420 e. The monoisotopic (exact) mass is 565 g/mol. The number of esters is 1. The second-order valence-electron chi connectivity index (χ2n) is 9.03. The first-order chi connectivity index (χ1) is 18.4. The van der Waals surface area contributed by atoms with Gasteiger partial charge in [-0.1, -0.05) is 24.3 Å². The van der Waals surface area contributed by atoms with Crippen LogP contribution in [0.1, 0.15) is 47.1 Å². The lowest BCUT2D eigenvalue weighted by Gasteiger charge is -2.46. The van der Waals surface area contributed by atoms with Gasteiger partial charge in [0.25, 0.3) is 5.91 Å². The standard InChI is InChI=1S/C26H20F5N3O4S/c1-13(26(29,30)31)32-12-34(33-10-9-19(36)24(38-14(2)35)23(33)25(32)37)22-15-7-8-18(27)21(28)17(15)11-39-20-6-4-3-5-16(20)22/h3-10,13,22H,11-12H2,1-2H3/t13-,22-/m1/s1. The molecule has 2 aromatic carbocycles. The molecule has 3 heterocycles. The summed E-state index contributed by atoms with van der Waals surface area (Å²) in [7, 11) is 0. The summed E-state index contributed by atoms with van der Waals surface area (Å²) in [5, 5.41) is 1.34. The Morgan fingerprint density at radius 3 is 2.49 bits per heavy atom. The van der Waals surface area contributed by atoms with Gasteiger partial charge in [-0.15, -0.1) is 11.8 Å². The minimum absolute atomic E-state index is 0.0105. The van der Waals surface area contributed by atoms with Gasteiger partial charge in [-0.05, 0) is 30.2 Å². The molecule has 0 bridgehead atoms. The van der Waals surface area contributed by atoms with Crippen molar-refractivity contribution in [2.24, 2.45) is 0 Å². The van der Waals surface area contributed by atoms with Crippen LogP contribution in [0.3, 0.4) is 0 Å². The van der Waals surface area contributed by atoms with E-state index in [-0.39, 0.29) is 16.9 Å². The Bertz CT molecular complexity index is 1560. The molecule has 0 aliphatic carbocycles. The number of pyridine rings is 1. The van der Waals surface area contributed by atoms with Gasteiger partial charge in [-0.25, -0.2) is 8.78 Å². The average molecular weight is 566 g/mol. The Kier molecular flexibility index (Phi) is 6.65. The maximum Gasteiger partial charge on any atom is 0.408 e. The number of rotatable bonds is 3. The average Bonchev–Trinajstić information content (AvgIpc) is 3.04. The van der Waals surface area contributed by atoms with Crippen LogP contribution in [0.2, 0.25) is 0 Å². The Morgan fingerprint density at radius 2 is 1.79 bits per heavy atom. The highest BCUT2D eigenvalue weighted by molar-refractivity contribution is 7.98. The summed E-state index contributed by atoms with van der Waals surface area (Å²) in [6.45, 7) is 1.13. The van der Waals surface area contributed by atoms with Crippen molar-refractivity contribution in [1.82, 2.24) is 9.58 Å². The lowest BCUT2D eigenvalue weighted by Crippen LogP contribution is -2.60. The molecule has 3 aromatic rings. The smallest absolute Gasteiger partial charge is 0.408 e. The molecule has 5 rings (SSSR count).